The first-order valence-corrected chi connectivity index (χ1v) is 7.18. The Morgan fingerprint density at radius 3 is 2.53 bits per heavy atom. The Morgan fingerprint density at radius 2 is 1.84 bits per heavy atom. The Kier molecular flexibility index (Phi) is 4.98. The van der Waals surface area contributed by atoms with Crippen LogP contribution in [0.5, 0.6) is 0 Å². The van der Waals surface area contributed by atoms with Crippen LogP contribution in [0.4, 0.5) is 5.69 Å². The Morgan fingerprint density at radius 1 is 1.11 bits per heavy atom. The lowest BCUT2D eigenvalue weighted by Gasteiger charge is -2.14. The number of nitrogens with one attached hydrogen (secondary N) is 1. The summed E-state index contributed by atoms with van der Waals surface area (Å²) in [5.41, 5.74) is 3.10. The van der Waals surface area contributed by atoms with E-state index in [-0.39, 0.29) is 5.38 Å². The lowest BCUT2D eigenvalue weighted by atomic mass is 10.1. The fourth-order valence-electron chi connectivity index (χ4n) is 1.86. The molecule has 1 nitrogen and oxygen atoms in total. The second-order valence-corrected chi connectivity index (χ2v) is 5.79. The zero-order valence-corrected chi connectivity index (χ0v) is 12.7. The molecule has 0 fully saturated rings. The van der Waals surface area contributed by atoms with Gasteiger partial charge in [-0.1, -0.05) is 47.5 Å². The van der Waals surface area contributed by atoms with Gasteiger partial charge in [-0.05, 0) is 36.2 Å². The molecule has 2 aromatic carbocycles. The van der Waals surface area contributed by atoms with E-state index in [9.17, 15) is 0 Å². The van der Waals surface area contributed by atoms with Crippen LogP contribution in [0.15, 0.2) is 42.5 Å². The van der Waals surface area contributed by atoms with E-state index in [1.807, 2.05) is 43.3 Å². The molecule has 1 N–H and O–H groups in total. The third-order valence-corrected chi connectivity index (χ3v) is 3.70. The zero-order chi connectivity index (χ0) is 13.8. The van der Waals surface area contributed by atoms with Gasteiger partial charge in [-0.2, -0.15) is 0 Å². The number of anilines is 1. The minimum absolute atomic E-state index is 0.0376. The van der Waals surface area contributed by atoms with Crippen LogP contribution in [-0.4, -0.2) is 0 Å². The minimum Gasteiger partial charge on any atom is -0.381 e. The van der Waals surface area contributed by atoms with Crippen molar-refractivity contribution in [1.82, 2.24) is 0 Å². The molecular formula is C15H14Cl3N. The van der Waals surface area contributed by atoms with Gasteiger partial charge in [0.25, 0.3) is 0 Å². The van der Waals surface area contributed by atoms with Crippen molar-refractivity contribution in [3.8, 4) is 0 Å². The van der Waals surface area contributed by atoms with Gasteiger partial charge in [0.05, 0.1) is 5.38 Å². The predicted octanol–water partition coefficient (Wildman–Crippen LogP) is 5.91. The molecule has 0 bridgehead atoms. The number of hydrogen-bond acceptors (Lipinski definition) is 1. The van der Waals surface area contributed by atoms with Gasteiger partial charge in [0.2, 0.25) is 0 Å². The highest BCUT2D eigenvalue weighted by atomic mass is 35.5. The molecule has 0 spiro atoms. The number of para-hydroxylation sites is 1. The van der Waals surface area contributed by atoms with Gasteiger partial charge in [0.1, 0.15) is 0 Å². The van der Waals surface area contributed by atoms with E-state index in [0.717, 1.165) is 16.8 Å². The number of benzene rings is 2. The largest absolute Gasteiger partial charge is 0.381 e. The molecule has 0 radical (unpaired) electrons. The van der Waals surface area contributed by atoms with Gasteiger partial charge >= 0.3 is 0 Å². The molecule has 1 unspecified atom stereocenters. The van der Waals surface area contributed by atoms with Crippen molar-refractivity contribution < 1.29 is 0 Å². The first kappa shape index (κ1) is 14.5. The van der Waals surface area contributed by atoms with Crippen LogP contribution in [0.25, 0.3) is 0 Å². The molecule has 0 saturated heterocycles. The molecule has 0 heterocycles. The van der Waals surface area contributed by atoms with E-state index in [0.29, 0.717) is 16.6 Å². The van der Waals surface area contributed by atoms with Gasteiger partial charge in [0.15, 0.2) is 0 Å². The molecule has 0 aliphatic heterocycles. The maximum Gasteiger partial charge on any atom is 0.0577 e. The summed E-state index contributed by atoms with van der Waals surface area (Å²) in [6.45, 7) is 2.59. The maximum absolute atomic E-state index is 6.16. The first-order chi connectivity index (χ1) is 9.08. The third-order valence-electron chi connectivity index (χ3n) is 2.87. The monoisotopic (exact) mass is 313 g/mol. The SMILES string of the molecule is CC(Cl)c1ccccc1NCc1ccc(Cl)cc1Cl. The molecule has 1 atom stereocenters. The highest BCUT2D eigenvalue weighted by molar-refractivity contribution is 6.35. The van der Waals surface area contributed by atoms with Crippen LogP contribution < -0.4 is 5.32 Å². The maximum atomic E-state index is 6.16. The Bertz CT molecular complexity index is 567. The van der Waals surface area contributed by atoms with Crippen molar-refractivity contribution in [2.24, 2.45) is 0 Å². The molecule has 19 heavy (non-hydrogen) atoms. The van der Waals surface area contributed by atoms with Gasteiger partial charge in [-0.25, -0.2) is 0 Å². The number of halogens is 3. The molecule has 0 amide bonds. The topological polar surface area (TPSA) is 12.0 Å². The van der Waals surface area contributed by atoms with Crippen molar-refractivity contribution in [1.29, 1.82) is 0 Å². The van der Waals surface area contributed by atoms with Crippen LogP contribution in [-0.2, 0) is 6.54 Å². The fraction of sp³-hybridized carbons (Fsp3) is 0.200. The number of rotatable bonds is 4. The molecule has 4 heteroatoms. The van der Waals surface area contributed by atoms with Crippen molar-refractivity contribution >= 4 is 40.5 Å². The van der Waals surface area contributed by atoms with Crippen LogP contribution in [0, 0.1) is 0 Å². The molecule has 2 aromatic rings. The van der Waals surface area contributed by atoms with Crippen molar-refractivity contribution in [3.63, 3.8) is 0 Å². The normalized spacial score (nSPS) is 12.2. The van der Waals surface area contributed by atoms with Crippen LogP contribution in [0.2, 0.25) is 10.0 Å². The van der Waals surface area contributed by atoms with Gasteiger partial charge < -0.3 is 5.32 Å². The standard InChI is InChI=1S/C15H14Cl3N/c1-10(16)13-4-2-3-5-15(13)19-9-11-6-7-12(17)8-14(11)18/h2-8,10,19H,9H2,1H3. The summed E-state index contributed by atoms with van der Waals surface area (Å²) in [5.74, 6) is 0. The van der Waals surface area contributed by atoms with E-state index >= 15 is 0 Å². The average Bonchev–Trinajstić information content (AvgIpc) is 2.38. The highest BCUT2D eigenvalue weighted by Gasteiger charge is 2.07. The molecule has 2 rings (SSSR count). The minimum atomic E-state index is -0.0376. The summed E-state index contributed by atoms with van der Waals surface area (Å²) in [7, 11) is 0. The van der Waals surface area contributed by atoms with E-state index in [2.05, 4.69) is 5.32 Å². The molecule has 0 saturated carbocycles. The van der Waals surface area contributed by atoms with Gasteiger partial charge in [-0.15, -0.1) is 11.6 Å². The average molecular weight is 315 g/mol. The predicted molar refractivity (Wildman–Crippen MR) is 84.5 cm³/mol. The fourth-order valence-corrected chi connectivity index (χ4v) is 2.53. The quantitative estimate of drug-likeness (QED) is 0.692. The molecule has 0 aliphatic carbocycles. The van der Waals surface area contributed by atoms with E-state index in [4.69, 9.17) is 34.8 Å². The van der Waals surface area contributed by atoms with Crippen LogP contribution >= 0.6 is 34.8 Å². The van der Waals surface area contributed by atoms with Crippen molar-refractivity contribution in [2.75, 3.05) is 5.32 Å². The summed E-state index contributed by atoms with van der Waals surface area (Å²) in [6, 6.07) is 13.5. The second-order valence-electron chi connectivity index (χ2n) is 4.29. The second kappa shape index (κ2) is 6.51. The summed E-state index contributed by atoms with van der Waals surface area (Å²) in [4.78, 5) is 0. The lowest BCUT2D eigenvalue weighted by Crippen LogP contribution is -2.03. The highest BCUT2D eigenvalue weighted by Crippen LogP contribution is 2.28. The van der Waals surface area contributed by atoms with E-state index < -0.39 is 0 Å². The molecule has 0 aromatic heterocycles. The third kappa shape index (κ3) is 3.79. The Balaban J connectivity index is 2.14. The molecule has 0 aliphatic rings. The van der Waals surface area contributed by atoms with Crippen molar-refractivity contribution in [3.05, 3.63) is 63.6 Å². The Labute approximate surface area is 128 Å². The smallest absolute Gasteiger partial charge is 0.0577 e. The van der Waals surface area contributed by atoms with Gasteiger partial charge in [-0.3, -0.25) is 0 Å². The van der Waals surface area contributed by atoms with Crippen molar-refractivity contribution in [2.45, 2.75) is 18.8 Å². The Hall–Kier alpha value is -0.890. The number of alkyl halides is 1. The van der Waals surface area contributed by atoms with Crippen LogP contribution in [0.3, 0.4) is 0 Å². The summed E-state index contributed by atoms with van der Waals surface area (Å²) >= 11 is 18.2. The zero-order valence-electron chi connectivity index (χ0n) is 10.5. The van der Waals surface area contributed by atoms with Gasteiger partial charge in [0, 0.05) is 22.3 Å². The van der Waals surface area contributed by atoms with E-state index in [1.54, 1.807) is 6.07 Å². The molecular weight excluding hydrogens is 301 g/mol. The summed E-state index contributed by atoms with van der Waals surface area (Å²) in [5, 5.41) is 4.63. The lowest BCUT2D eigenvalue weighted by molar-refractivity contribution is 1.06. The summed E-state index contributed by atoms with van der Waals surface area (Å²) in [6.07, 6.45) is 0. The van der Waals surface area contributed by atoms with E-state index in [1.165, 1.54) is 0 Å². The summed E-state index contributed by atoms with van der Waals surface area (Å²) < 4.78 is 0. The number of hydrogen-bond donors (Lipinski definition) is 1. The molecule has 100 valence electrons. The van der Waals surface area contributed by atoms with Crippen LogP contribution in [0.1, 0.15) is 23.4 Å². The first-order valence-electron chi connectivity index (χ1n) is 5.98.